The smallest absolute Gasteiger partial charge is 0.251 e. The highest BCUT2D eigenvalue weighted by molar-refractivity contribution is 6.92. The molecule has 1 aromatic rings. The van der Waals surface area contributed by atoms with Gasteiger partial charge in [-0.1, -0.05) is 49.7 Å². The minimum atomic E-state index is -1.94. The van der Waals surface area contributed by atoms with Crippen LogP contribution in [0.4, 0.5) is 0 Å². The lowest BCUT2D eigenvalue weighted by molar-refractivity contribution is 0.280. The standard InChI is InChI=1S/C16H24OSi/c1-13(2)15-9-5-6-10-16(15)18(14(3)4)12-8-7-11-17-18/h5-6,9-10,13H,3,7-8,11-12H2,1-2,4H3. The summed E-state index contributed by atoms with van der Waals surface area (Å²) >= 11 is 0. The van der Waals surface area contributed by atoms with Crippen LogP contribution in [0, 0.1) is 0 Å². The average Bonchev–Trinajstić information content (AvgIpc) is 2.39. The first-order valence-electron chi connectivity index (χ1n) is 6.97. The van der Waals surface area contributed by atoms with Gasteiger partial charge in [0, 0.05) is 6.61 Å². The highest BCUT2D eigenvalue weighted by Crippen LogP contribution is 2.29. The Kier molecular flexibility index (Phi) is 4.08. The Bertz CT molecular complexity index is 430. The van der Waals surface area contributed by atoms with Crippen molar-refractivity contribution in [2.24, 2.45) is 0 Å². The van der Waals surface area contributed by atoms with Gasteiger partial charge in [-0.3, -0.25) is 0 Å². The van der Waals surface area contributed by atoms with Crippen LogP contribution in [0.5, 0.6) is 0 Å². The summed E-state index contributed by atoms with van der Waals surface area (Å²) in [5, 5.41) is 2.74. The van der Waals surface area contributed by atoms with Crippen molar-refractivity contribution in [3.63, 3.8) is 0 Å². The molecule has 1 aromatic carbocycles. The molecular weight excluding hydrogens is 236 g/mol. The SMILES string of the molecule is C=C(C)[Si]1(c2ccccc2C(C)C)CCCCO1. The van der Waals surface area contributed by atoms with Crippen LogP contribution in [0.15, 0.2) is 36.0 Å². The van der Waals surface area contributed by atoms with Gasteiger partial charge in [0.2, 0.25) is 0 Å². The Morgan fingerprint density at radius 1 is 1.28 bits per heavy atom. The number of hydrogen-bond acceptors (Lipinski definition) is 1. The number of hydrogen-bond donors (Lipinski definition) is 0. The zero-order valence-electron chi connectivity index (χ0n) is 11.8. The predicted octanol–water partition coefficient (Wildman–Crippen LogP) is 3.89. The molecule has 0 bridgehead atoms. The van der Waals surface area contributed by atoms with Crippen LogP contribution in [0.1, 0.15) is 45.1 Å². The third-order valence-electron chi connectivity index (χ3n) is 3.98. The first-order chi connectivity index (χ1) is 8.58. The van der Waals surface area contributed by atoms with E-state index in [9.17, 15) is 0 Å². The van der Waals surface area contributed by atoms with Crippen molar-refractivity contribution in [1.29, 1.82) is 0 Å². The maximum absolute atomic E-state index is 6.34. The fraction of sp³-hybridized carbons (Fsp3) is 0.500. The van der Waals surface area contributed by atoms with Crippen LogP contribution in [-0.2, 0) is 4.43 Å². The fourth-order valence-electron chi connectivity index (χ4n) is 2.94. The summed E-state index contributed by atoms with van der Waals surface area (Å²) in [6.45, 7) is 11.9. The van der Waals surface area contributed by atoms with E-state index in [4.69, 9.17) is 4.43 Å². The molecule has 0 radical (unpaired) electrons. The molecule has 2 heteroatoms. The highest BCUT2D eigenvalue weighted by Gasteiger charge is 2.41. The zero-order valence-corrected chi connectivity index (χ0v) is 12.8. The first-order valence-corrected chi connectivity index (χ1v) is 9.09. The first kappa shape index (κ1) is 13.6. The van der Waals surface area contributed by atoms with Crippen molar-refractivity contribution in [3.05, 3.63) is 41.6 Å². The molecule has 0 N–H and O–H groups in total. The van der Waals surface area contributed by atoms with Crippen molar-refractivity contribution in [2.75, 3.05) is 6.61 Å². The topological polar surface area (TPSA) is 9.23 Å². The average molecular weight is 260 g/mol. The van der Waals surface area contributed by atoms with Crippen LogP contribution in [0.2, 0.25) is 6.04 Å². The lowest BCUT2D eigenvalue weighted by atomic mass is 10.0. The van der Waals surface area contributed by atoms with E-state index < -0.39 is 8.32 Å². The maximum Gasteiger partial charge on any atom is 0.251 e. The molecule has 1 unspecified atom stereocenters. The molecule has 1 aliphatic rings. The number of benzene rings is 1. The lowest BCUT2D eigenvalue weighted by Crippen LogP contribution is -2.55. The molecule has 0 aliphatic carbocycles. The number of allylic oxidation sites excluding steroid dienone is 1. The van der Waals surface area contributed by atoms with Crippen LogP contribution in [-0.4, -0.2) is 14.9 Å². The van der Waals surface area contributed by atoms with Crippen molar-refractivity contribution >= 4 is 13.5 Å². The van der Waals surface area contributed by atoms with Gasteiger partial charge in [0.05, 0.1) is 0 Å². The molecule has 0 amide bonds. The Morgan fingerprint density at radius 3 is 2.56 bits per heavy atom. The van der Waals surface area contributed by atoms with Crippen LogP contribution < -0.4 is 5.19 Å². The van der Waals surface area contributed by atoms with E-state index in [1.165, 1.54) is 34.8 Å². The minimum absolute atomic E-state index is 0.551. The molecule has 1 atom stereocenters. The van der Waals surface area contributed by atoms with Crippen LogP contribution in [0.3, 0.4) is 0 Å². The second kappa shape index (κ2) is 5.41. The second-order valence-electron chi connectivity index (χ2n) is 5.65. The molecule has 1 aliphatic heterocycles. The summed E-state index contributed by atoms with van der Waals surface area (Å²) < 4.78 is 6.34. The lowest BCUT2D eigenvalue weighted by Gasteiger charge is -2.37. The van der Waals surface area contributed by atoms with E-state index in [1.807, 2.05) is 0 Å². The van der Waals surface area contributed by atoms with E-state index in [1.54, 1.807) is 0 Å². The van der Waals surface area contributed by atoms with Crippen molar-refractivity contribution in [3.8, 4) is 0 Å². The van der Waals surface area contributed by atoms with Crippen molar-refractivity contribution in [2.45, 2.75) is 45.6 Å². The quantitative estimate of drug-likeness (QED) is 0.749. The Balaban J connectivity index is 2.52. The fourth-order valence-corrected chi connectivity index (χ4v) is 7.09. The molecule has 1 fully saturated rings. The minimum Gasteiger partial charge on any atom is -0.408 e. The van der Waals surface area contributed by atoms with E-state index in [0.717, 1.165) is 6.61 Å². The monoisotopic (exact) mass is 260 g/mol. The summed E-state index contributed by atoms with van der Waals surface area (Å²) in [6.07, 6.45) is 2.48. The van der Waals surface area contributed by atoms with E-state index in [2.05, 4.69) is 51.6 Å². The molecule has 1 saturated heterocycles. The van der Waals surface area contributed by atoms with Crippen LogP contribution >= 0.6 is 0 Å². The molecule has 0 spiro atoms. The Hall–Kier alpha value is -0.863. The Labute approximate surface area is 112 Å². The van der Waals surface area contributed by atoms with Crippen molar-refractivity contribution < 1.29 is 4.43 Å². The van der Waals surface area contributed by atoms with Gasteiger partial charge < -0.3 is 4.43 Å². The van der Waals surface area contributed by atoms with Crippen LogP contribution in [0.25, 0.3) is 0 Å². The molecular formula is C16H24OSi. The largest absolute Gasteiger partial charge is 0.408 e. The molecule has 0 aromatic heterocycles. The third-order valence-corrected chi connectivity index (χ3v) is 8.44. The molecule has 1 heterocycles. The predicted molar refractivity (Wildman–Crippen MR) is 80.7 cm³/mol. The van der Waals surface area contributed by atoms with E-state index >= 15 is 0 Å². The summed E-state index contributed by atoms with van der Waals surface area (Å²) in [5.74, 6) is 0.551. The molecule has 2 rings (SSSR count). The molecule has 1 nitrogen and oxygen atoms in total. The summed E-state index contributed by atoms with van der Waals surface area (Å²) in [7, 11) is -1.94. The summed E-state index contributed by atoms with van der Waals surface area (Å²) in [5.41, 5.74) is 1.45. The van der Waals surface area contributed by atoms with Crippen molar-refractivity contribution in [1.82, 2.24) is 0 Å². The third kappa shape index (κ3) is 2.32. The van der Waals surface area contributed by atoms with Gasteiger partial charge in [-0.15, -0.1) is 6.58 Å². The number of rotatable bonds is 3. The van der Waals surface area contributed by atoms with Gasteiger partial charge in [-0.05, 0) is 36.1 Å². The summed E-state index contributed by atoms with van der Waals surface area (Å²) in [6, 6.07) is 10.0. The molecule has 18 heavy (non-hydrogen) atoms. The molecule has 0 saturated carbocycles. The van der Waals surface area contributed by atoms with Gasteiger partial charge in [0.15, 0.2) is 0 Å². The highest BCUT2D eigenvalue weighted by atomic mass is 28.4. The van der Waals surface area contributed by atoms with Gasteiger partial charge in [-0.25, -0.2) is 0 Å². The zero-order chi connectivity index (χ0) is 13.2. The molecule has 98 valence electrons. The second-order valence-corrected chi connectivity index (χ2v) is 9.49. The normalized spacial score (nSPS) is 24.2. The van der Waals surface area contributed by atoms with Gasteiger partial charge in [0.25, 0.3) is 8.32 Å². The van der Waals surface area contributed by atoms with E-state index in [0.29, 0.717) is 5.92 Å². The van der Waals surface area contributed by atoms with Gasteiger partial charge in [-0.2, -0.15) is 0 Å². The summed E-state index contributed by atoms with van der Waals surface area (Å²) in [4.78, 5) is 0. The van der Waals surface area contributed by atoms with Gasteiger partial charge in [0.1, 0.15) is 0 Å². The van der Waals surface area contributed by atoms with E-state index in [-0.39, 0.29) is 0 Å². The Morgan fingerprint density at radius 2 is 2.00 bits per heavy atom. The van der Waals surface area contributed by atoms with Gasteiger partial charge >= 0.3 is 0 Å². The maximum atomic E-state index is 6.34.